The van der Waals surface area contributed by atoms with Crippen molar-refractivity contribution in [1.29, 1.82) is 0 Å². The van der Waals surface area contributed by atoms with Gasteiger partial charge in [0.1, 0.15) is 5.82 Å². The molecule has 0 spiro atoms. The molecule has 0 saturated heterocycles. The van der Waals surface area contributed by atoms with Crippen LogP contribution in [-0.2, 0) is 10.0 Å². The number of sulfonamides is 1. The van der Waals surface area contributed by atoms with Gasteiger partial charge in [0.2, 0.25) is 5.56 Å². The quantitative estimate of drug-likeness (QED) is 0.423. The second kappa shape index (κ2) is 7.93. The minimum Gasteiger partial charge on any atom is -0.322 e. The Kier molecular flexibility index (Phi) is 5.29. The molecular weight excluding hydrogens is 443 g/mol. The summed E-state index contributed by atoms with van der Waals surface area (Å²) in [7, 11) is -4.03. The maximum Gasteiger partial charge on any atom is 0.261 e. The molecular formula is C20H15FN4O4S2. The fourth-order valence-electron chi connectivity index (χ4n) is 2.90. The van der Waals surface area contributed by atoms with E-state index in [0.717, 1.165) is 23.9 Å². The summed E-state index contributed by atoms with van der Waals surface area (Å²) in [6.07, 6.45) is 0. The van der Waals surface area contributed by atoms with E-state index in [1.54, 1.807) is 12.3 Å². The smallest absolute Gasteiger partial charge is 0.261 e. The van der Waals surface area contributed by atoms with Crippen molar-refractivity contribution in [3.8, 4) is 0 Å². The summed E-state index contributed by atoms with van der Waals surface area (Å²) in [6.45, 7) is 1.78. The lowest BCUT2D eigenvalue weighted by Crippen LogP contribution is -2.18. The third kappa shape index (κ3) is 4.47. The van der Waals surface area contributed by atoms with Crippen molar-refractivity contribution in [1.82, 2.24) is 9.97 Å². The molecule has 0 aliphatic heterocycles. The normalized spacial score (nSPS) is 11.4. The van der Waals surface area contributed by atoms with Crippen LogP contribution in [0, 0.1) is 12.7 Å². The van der Waals surface area contributed by atoms with E-state index in [1.165, 1.54) is 41.7 Å². The number of rotatable bonds is 5. The molecule has 0 atom stereocenters. The van der Waals surface area contributed by atoms with Crippen LogP contribution < -0.4 is 15.6 Å². The highest BCUT2D eigenvalue weighted by molar-refractivity contribution is 7.92. The number of hydrogen-bond donors (Lipinski definition) is 3. The number of carbonyl (C=O) groups excluding carboxylic acids is 1. The number of aromatic nitrogens is 2. The largest absolute Gasteiger partial charge is 0.322 e. The van der Waals surface area contributed by atoms with Crippen LogP contribution >= 0.6 is 11.3 Å². The summed E-state index contributed by atoms with van der Waals surface area (Å²) in [4.78, 5) is 31.4. The predicted octanol–water partition coefficient (Wildman–Crippen LogP) is 3.49. The van der Waals surface area contributed by atoms with Crippen molar-refractivity contribution in [2.45, 2.75) is 11.8 Å². The summed E-state index contributed by atoms with van der Waals surface area (Å²) >= 11 is 1.23. The number of benzene rings is 2. The Morgan fingerprint density at radius 3 is 2.55 bits per heavy atom. The molecule has 31 heavy (non-hydrogen) atoms. The number of carbonyl (C=O) groups is 1. The van der Waals surface area contributed by atoms with Gasteiger partial charge in [-0.05, 0) is 49.4 Å². The molecule has 0 aliphatic rings. The molecule has 0 bridgehead atoms. The third-order valence-corrected chi connectivity index (χ3v) is 6.56. The maximum absolute atomic E-state index is 13.1. The van der Waals surface area contributed by atoms with Gasteiger partial charge in [0.15, 0.2) is 5.13 Å². The summed E-state index contributed by atoms with van der Waals surface area (Å²) in [5.74, 6) is -1.09. The van der Waals surface area contributed by atoms with Gasteiger partial charge >= 0.3 is 0 Å². The zero-order valence-corrected chi connectivity index (χ0v) is 17.6. The first-order valence-corrected chi connectivity index (χ1v) is 11.3. The topological polar surface area (TPSA) is 121 Å². The van der Waals surface area contributed by atoms with E-state index in [9.17, 15) is 22.4 Å². The molecule has 4 rings (SSSR count). The molecule has 0 unspecified atom stereocenters. The van der Waals surface area contributed by atoms with Gasteiger partial charge in [-0.15, -0.1) is 11.3 Å². The van der Waals surface area contributed by atoms with Crippen molar-refractivity contribution < 1.29 is 17.6 Å². The van der Waals surface area contributed by atoms with Crippen molar-refractivity contribution in [3.63, 3.8) is 0 Å². The lowest BCUT2D eigenvalue weighted by Gasteiger charge is -2.11. The molecule has 4 aromatic rings. The Balaban J connectivity index is 1.74. The molecule has 0 fully saturated rings. The number of amides is 1. The highest BCUT2D eigenvalue weighted by atomic mass is 32.2. The molecule has 3 N–H and O–H groups in total. The Morgan fingerprint density at radius 2 is 1.87 bits per heavy atom. The van der Waals surface area contributed by atoms with Crippen molar-refractivity contribution >= 4 is 49.0 Å². The molecule has 158 valence electrons. The van der Waals surface area contributed by atoms with E-state index in [4.69, 9.17) is 0 Å². The summed E-state index contributed by atoms with van der Waals surface area (Å²) in [6, 6.07) is 9.94. The summed E-state index contributed by atoms with van der Waals surface area (Å²) < 4.78 is 41.0. The zero-order valence-electron chi connectivity index (χ0n) is 16.0. The van der Waals surface area contributed by atoms with Crippen molar-refractivity contribution in [2.75, 3.05) is 10.0 Å². The molecule has 11 heteroatoms. The van der Waals surface area contributed by atoms with Crippen LogP contribution in [0.15, 0.2) is 63.6 Å². The predicted molar refractivity (Wildman–Crippen MR) is 117 cm³/mol. The van der Waals surface area contributed by atoms with E-state index in [1.807, 2.05) is 0 Å². The van der Waals surface area contributed by atoms with Gasteiger partial charge in [0.25, 0.3) is 15.9 Å². The van der Waals surface area contributed by atoms with Crippen LogP contribution in [0.3, 0.4) is 0 Å². The van der Waals surface area contributed by atoms with Crippen LogP contribution in [0.25, 0.3) is 10.9 Å². The number of aromatic amines is 1. The number of nitrogens with one attached hydrogen (secondary N) is 3. The van der Waals surface area contributed by atoms with Gasteiger partial charge in [-0.3, -0.25) is 19.6 Å². The van der Waals surface area contributed by atoms with E-state index in [2.05, 4.69) is 20.0 Å². The van der Waals surface area contributed by atoms with Gasteiger partial charge in [-0.2, -0.15) is 0 Å². The fourth-order valence-corrected chi connectivity index (χ4v) is 4.66. The van der Waals surface area contributed by atoms with Gasteiger partial charge in [0, 0.05) is 28.0 Å². The van der Waals surface area contributed by atoms with E-state index in [-0.39, 0.29) is 21.5 Å². The molecule has 0 aliphatic carbocycles. The number of hydrogen-bond acceptors (Lipinski definition) is 6. The van der Waals surface area contributed by atoms with Crippen LogP contribution in [0.5, 0.6) is 0 Å². The number of halogens is 1. The van der Waals surface area contributed by atoms with E-state index >= 15 is 0 Å². The van der Waals surface area contributed by atoms with Crippen LogP contribution in [0.1, 0.15) is 16.1 Å². The summed E-state index contributed by atoms with van der Waals surface area (Å²) in [5, 5.41) is 4.98. The minimum atomic E-state index is -4.03. The lowest BCUT2D eigenvalue weighted by atomic mass is 10.1. The Bertz CT molecular complexity index is 1460. The van der Waals surface area contributed by atoms with Gasteiger partial charge in [-0.25, -0.2) is 17.8 Å². The highest BCUT2D eigenvalue weighted by Gasteiger charge is 2.19. The van der Waals surface area contributed by atoms with Crippen molar-refractivity contribution in [2.24, 2.45) is 0 Å². The molecule has 0 radical (unpaired) electrons. The molecule has 8 nitrogen and oxygen atoms in total. The van der Waals surface area contributed by atoms with Crippen LogP contribution in [0.4, 0.5) is 15.2 Å². The first-order chi connectivity index (χ1) is 14.7. The minimum absolute atomic E-state index is 0.00503. The zero-order chi connectivity index (χ0) is 22.2. The number of H-pyrrole nitrogens is 1. The molecule has 2 aromatic heterocycles. The molecule has 2 aromatic carbocycles. The second-order valence-electron chi connectivity index (χ2n) is 6.62. The van der Waals surface area contributed by atoms with Gasteiger partial charge in [0.05, 0.1) is 16.2 Å². The standard InChI is InChI=1S/C20H15FN4O4S2/c1-11-10-30-20(22-11)24-19(27)16-9-18(26)23-17-7-6-14(8-15(16)17)31(28,29)25-13-4-2-12(21)3-5-13/h2-10,25H,1H3,(H,23,26)(H,22,24,27). The maximum atomic E-state index is 13.1. The second-order valence-corrected chi connectivity index (χ2v) is 9.16. The van der Waals surface area contributed by atoms with Crippen molar-refractivity contribution in [3.05, 3.63) is 81.3 Å². The SMILES string of the molecule is Cc1csc(NC(=O)c2cc(=O)[nH]c3ccc(S(=O)(=O)Nc4ccc(F)cc4)cc23)n1. The van der Waals surface area contributed by atoms with Crippen LogP contribution in [0.2, 0.25) is 0 Å². The molecule has 2 heterocycles. The monoisotopic (exact) mass is 458 g/mol. The third-order valence-electron chi connectivity index (χ3n) is 4.31. The first-order valence-electron chi connectivity index (χ1n) is 8.90. The lowest BCUT2D eigenvalue weighted by molar-refractivity contribution is 0.102. The Morgan fingerprint density at radius 1 is 1.13 bits per heavy atom. The highest BCUT2D eigenvalue weighted by Crippen LogP contribution is 2.24. The number of thiazole rings is 1. The molecule has 1 amide bonds. The number of anilines is 2. The van der Waals surface area contributed by atoms with Gasteiger partial charge < -0.3 is 4.98 Å². The molecule has 0 saturated carbocycles. The van der Waals surface area contributed by atoms with E-state index < -0.39 is 27.3 Å². The van der Waals surface area contributed by atoms with Gasteiger partial charge in [-0.1, -0.05) is 0 Å². The number of nitrogens with zero attached hydrogens (tertiary/aromatic N) is 1. The Labute approximate surface area is 179 Å². The summed E-state index contributed by atoms with van der Waals surface area (Å²) in [5.41, 5.74) is 0.712. The number of pyridine rings is 1. The average Bonchev–Trinajstić information content (AvgIpc) is 3.13. The van der Waals surface area contributed by atoms with Crippen LogP contribution in [-0.4, -0.2) is 24.3 Å². The Hall–Kier alpha value is -3.57. The fraction of sp³-hybridized carbons (Fsp3) is 0.0500. The average molecular weight is 458 g/mol. The first kappa shape index (κ1) is 20.7. The number of fused-ring (bicyclic) bond motifs is 1. The number of aryl methyl sites for hydroxylation is 1. The van der Waals surface area contributed by atoms with E-state index in [0.29, 0.717) is 10.6 Å².